The van der Waals surface area contributed by atoms with Gasteiger partial charge in [-0.05, 0) is 37.5 Å². The van der Waals surface area contributed by atoms with Gasteiger partial charge < -0.3 is 0 Å². The molecule has 0 aliphatic rings. The Labute approximate surface area is 127 Å². The Balaban J connectivity index is 2.78. The molecule has 0 heterocycles. The molecule has 0 bridgehead atoms. The van der Waals surface area contributed by atoms with Crippen LogP contribution in [0.2, 0.25) is 0 Å². The number of rotatable bonds is 7. The highest BCUT2D eigenvalue weighted by molar-refractivity contribution is 7.89. The Hall–Kier alpha value is -0.790. The van der Waals surface area contributed by atoms with E-state index in [1.54, 1.807) is 0 Å². The minimum atomic E-state index is -4.45. The molecule has 1 rings (SSSR count). The quantitative estimate of drug-likeness (QED) is 0.606. The second-order valence-corrected chi connectivity index (χ2v) is 6.93. The molecule has 1 atom stereocenters. The number of alkyl halides is 4. The van der Waals surface area contributed by atoms with E-state index in [-0.39, 0.29) is 11.3 Å². The first-order chi connectivity index (χ1) is 9.65. The molecule has 21 heavy (non-hydrogen) atoms. The van der Waals surface area contributed by atoms with Gasteiger partial charge in [-0.1, -0.05) is 12.1 Å². The van der Waals surface area contributed by atoms with Crippen LogP contribution in [0.5, 0.6) is 0 Å². The van der Waals surface area contributed by atoms with E-state index in [0.29, 0.717) is 18.7 Å². The molecule has 1 aromatic rings. The minimum Gasteiger partial charge on any atom is -0.212 e. The van der Waals surface area contributed by atoms with Crippen molar-refractivity contribution in [3.63, 3.8) is 0 Å². The van der Waals surface area contributed by atoms with E-state index in [2.05, 4.69) is 4.72 Å². The third kappa shape index (κ3) is 6.23. The first-order valence-corrected chi connectivity index (χ1v) is 8.57. The van der Waals surface area contributed by atoms with Gasteiger partial charge in [0.05, 0.1) is 11.3 Å². The number of hydrogen-bond acceptors (Lipinski definition) is 2. The maximum atomic E-state index is 12.6. The molecule has 3 nitrogen and oxygen atoms in total. The van der Waals surface area contributed by atoms with Crippen LogP contribution in [0.25, 0.3) is 0 Å². The second kappa shape index (κ2) is 7.47. The van der Waals surface area contributed by atoms with E-state index in [1.807, 2.05) is 0 Å². The molecule has 0 fully saturated rings. The van der Waals surface area contributed by atoms with Crippen LogP contribution in [-0.2, 0) is 16.2 Å². The lowest BCUT2D eigenvalue weighted by molar-refractivity contribution is -0.137. The van der Waals surface area contributed by atoms with Gasteiger partial charge in [0.1, 0.15) is 0 Å². The highest BCUT2D eigenvalue weighted by atomic mass is 35.5. The molecule has 0 amide bonds. The van der Waals surface area contributed by atoms with Gasteiger partial charge in [0, 0.05) is 11.9 Å². The fraction of sp³-hybridized carbons (Fsp3) is 0.538. The van der Waals surface area contributed by atoms with Crippen molar-refractivity contribution in [1.82, 2.24) is 4.72 Å². The predicted molar refractivity (Wildman–Crippen MR) is 76.7 cm³/mol. The summed E-state index contributed by atoms with van der Waals surface area (Å²) in [5.74, 6) is 0.279. The first kappa shape index (κ1) is 18.3. The SMILES string of the molecule is CC(NS(=O)(=O)CCCCCl)c1cccc(C(F)(F)F)c1. The molecule has 0 spiro atoms. The first-order valence-electron chi connectivity index (χ1n) is 6.39. The minimum absolute atomic E-state index is 0.0942. The van der Waals surface area contributed by atoms with E-state index < -0.39 is 27.8 Å². The lowest BCUT2D eigenvalue weighted by Crippen LogP contribution is -2.29. The molecule has 0 saturated carbocycles. The lowest BCUT2D eigenvalue weighted by atomic mass is 10.1. The van der Waals surface area contributed by atoms with Crippen molar-refractivity contribution in [2.24, 2.45) is 0 Å². The number of hydrogen-bond donors (Lipinski definition) is 1. The summed E-state index contributed by atoms with van der Waals surface area (Å²) >= 11 is 5.47. The normalized spacial score (nSPS) is 14.1. The molecule has 120 valence electrons. The monoisotopic (exact) mass is 343 g/mol. The van der Waals surface area contributed by atoms with Crippen molar-refractivity contribution in [3.05, 3.63) is 35.4 Å². The topological polar surface area (TPSA) is 46.2 Å². The Morgan fingerprint density at radius 3 is 2.52 bits per heavy atom. The van der Waals surface area contributed by atoms with Crippen molar-refractivity contribution in [2.45, 2.75) is 32.0 Å². The molecule has 1 N–H and O–H groups in total. The highest BCUT2D eigenvalue weighted by Crippen LogP contribution is 2.30. The zero-order valence-corrected chi connectivity index (χ0v) is 13.0. The molecule has 0 saturated heterocycles. The molecule has 0 radical (unpaired) electrons. The van der Waals surface area contributed by atoms with Crippen molar-refractivity contribution in [2.75, 3.05) is 11.6 Å². The van der Waals surface area contributed by atoms with Gasteiger partial charge in [-0.15, -0.1) is 11.6 Å². The maximum Gasteiger partial charge on any atom is 0.416 e. The Morgan fingerprint density at radius 1 is 1.29 bits per heavy atom. The Bertz CT molecular complexity index is 561. The van der Waals surface area contributed by atoms with Crippen LogP contribution in [0.3, 0.4) is 0 Å². The standard InChI is InChI=1S/C13H17ClF3NO2S/c1-10(18-21(19,20)8-3-2-7-14)11-5-4-6-12(9-11)13(15,16)17/h4-6,9-10,18H,2-3,7-8H2,1H3. The molecule has 0 aliphatic heterocycles. The van der Waals surface area contributed by atoms with Crippen LogP contribution in [0.4, 0.5) is 13.2 Å². The lowest BCUT2D eigenvalue weighted by Gasteiger charge is -2.16. The summed E-state index contributed by atoms with van der Waals surface area (Å²) in [7, 11) is -3.54. The van der Waals surface area contributed by atoms with Gasteiger partial charge in [0.25, 0.3) is 0 Å². The van der Waals surface area contributed by atoms with Gasteiger partial charge in [0.15, 0.2) is 0 Å². The number of nitrogens with one attached hydrogen (secondary N) is 1. The average Bonchev–Trinajstić information content (AvgIpc) is 2.37. The summed E-state index contributed by atoms with van der Waals surface area (Å²) in [4.78, 5) is 0. The van der Waals surface area contributed by atoms with Crippen molar-refractivity contribution in [3.8, 4) is 0 Å². The van der Waals surface area contributed by atoms with E-state index in [1.165, 1.54) is 19.1 Å². The fourth-order valence-electron chi connectivity index (χ4n) is 1.77. The van der Waals surface area contributed by atoms with Gasteiger partial charge in [-0.2, -0.15) is 13.2 Å². The number of sulfonamides is 1. The van der Waals surface area contributed by atoms with Crippen LogP contribution in [0.15, 0.2) is 24.3 Å². The largest absolute Gasteiger partial charge is 0.416 e. The van der Waals surface area contributed by atoms with Gasteiger partial charge in [0.2, 0.25) is 10.0 Å². The smallest absolute Gasteiger partial charge is 0.212 e. The van der Waals surface area contributed by atoms with Crippen LogP contribution in [0.1, 0.15) is 36.9 Å². The highest BCUT2D eigenvalue weighted by Gasteiger charge is 2.30. The van der Waals surface area contributed by atoms with Crippen LogP contribution in [-0.4, -0.2) is 20.1 Å². The van der Waals surface area contributed by atoms with Gasteiger partial charge in [-0.25, -0.2) is 13.1 Å². The Morgan fingerprint density at radius 2 is 1.95 bits per heavy atom. The molecular weight excluding hydrogens is 327 g/mol. The summed E-state index contributed by atoms with van der Waals surface area (Å²) in [6, 6.07) is 3.89. The molecule has 8 heteroatoms. The predicted octanol–water partition coefficient (Wildman–Crippen LogP) is 3.70. The molecule has 0 aliphatic carbocycles. The van der Waals surface area contributed by atoms with Crippen LogP contribution in [0, 0.1) is 0 Å². The molecule has 1 unspecified atom stereocenters. The van der Waals surface area contributed by atoms with Crippen LogP contribution < -0.4 is 4.72 Å². The van der Waals surface area contributed by atoms with Gasteiger partial charge >= 0.3 is 6.18 Å². The number of unbranched alkanes of at least 4 members (excludes halogenated alkanes) is 1. The number of benzene rings is 1. The third-order valence-electron chi connectivity index (χ3n) is 2.87. The summed E-state index contributed by atoms with van der Waals surface area (Å²) in [5, 5.41) is 0. The van der Waals surface area contributed by atoms with E-state index in [4.69, 9.17) is 11.6 Å². The summed E-state index contributed by atoms with van der Waals surface area (Å²) in [6.45, 7) is 1.51. The zero-order valence-electron chi connectivity index (χ0n) is 11.5. The van der Waals surface area contributed by atoms with Crippen molar-refractivity contribution < 1.29 is 21.6 Å². The van der Waals surface area contributed by atoms with Gasteiger partial charge in [-0.3, -0.25) is 0 Å². The second-order valence-electron chi connectivity index (χ2n) is 4.68. The summed E-state index contributed by atoms with van der Waals surface area (Å²) in [5.41, 5.74) is -0.529. The fourth-order valence-corrected chi connectivity index (χ4v) is 3.33. The van der Waals surface area contributed by atoms with Crippen LogP contribution >= 0.6 is 11.6 Å². The van der Waals surface area contributed by atoms with E-state index in [9.17, 15) is 21.6 Å². The van der Waals surface area contributed by atoms with Crippen molar-refractivity contribution >= 4 is 21.6 Å². The number of halogens is 4. The summed E-state index contributed by atoms with van der Waals surface area (Å²) in [6.07, 6.45) is -3.47. The van der Waals surface area contributed by atoms with Crippen molar-refractivity contribution in [1.29, 1.82) is 0 Å². The van der Waals surface area contributed by atoms with E-state index >= 15 is 0 Å². The third-order valence-corrected chi connectivity index (χ3v) is 4.67. The molecule has 0 aromatic heterocycles. The molecular formula is C13H17ClF3NO2S. The summed E-state index contributed by atoms with van der Waals surface area (Å²) < 4.78 is 63.8. The zero-order chi connectivity index (χ0) is 16.1. The Kier molecular flexibility index (Phi) is 6.49. The molecule has 1 aromatic carbocycles. The maximum absolute atomic E-state index is 12.6. The average molecular weight is 344 g/mol. The van der Waals surface area contributed by atoms with E-state index in [0.717, 1.165) is 12.1 Å².